The average Bonchev–Trinajstić information content (AvgIpc) is 2.54. The average molecular weight is 317 g/mol. The lowest BCUT2D eigenvalue weighted by molar-refractivity contribution is -0.123. The Labute approximate surface area is 135 Å². The number of methoxy groups -OCH3 is 1. The standard InChI is InChI=1S/C18H20FNO3/c1-12-4-9-16(17(10-12)22-3)23-11-18(21)20-13(2)14-5-7-15(19)8-6-14/h4-10,13H,11H2,1-3H3,(H,20,21). The van der Waals surface area contributed by atoms with E-state index in [1.54, 1.807) is 25.3 Å². The maximum Gasteiger partial charge on any atom is 0.258 e. The predicted molar refractivity (Wildman–Crippen MR) is 86.2 cm³/mol. The Balaban J connectivity index is 1.91. The molecule has 1 N–H and O–H groups in total. The van der Waals surface area contributed by atoms with Crippen LogP contribution in [-0.2, 0) is 4.79 Å². The number of carbonyl (C=O) groups excluding carboxylic acids is 1. The van der Waals surface area contributed by atoms with Crippen LogP contribution in [0.4, 0.5) is 4.39 Å². The highest BCUT2D eigenvalue weighted by Crippen LogP contribution is 2.27. The summed E-state index contributed by atoms with van der Waals surface area (Å²) in [6, 6.07) is 11.3. The summed E-state index contributed by atoms with van der Waals surface area (Å²) in [6.45, 7) is 3.66. The van der Waals surface area contributed by atoms with Crippen molar-refractivity contribution in [3.05, 3.63) is 59.4 Å². The van der Waals surface area contributed by atoms with E-state index in [1.165, 1.54) is 12.1 Å². The number of aryl methyl sites for hydroxylation is 1. The summed E-state index contributed by atoms with van der Waals surface area (Å²) >= 11 is 0. The van der Waals surface area contributed by atoms with E-state index in [0.29, 0.717) is 11.5 Å². The first-order valence-corrected chi connectivity index (χ1v) is 7.32. The van der Waals surface area contributed by atoms with Gasteiger partial charge < -0.3 is 14.8 Å². The van der Waals surface area contributed by atoms with Crippen molar-refractivity contribution >= 4 is 5.91 Å². The van der Waals surface area contributed by atoms with Gasteiger partial charge in [0.25, 0.3) is 5.91 Å². The minimum atomic E-state index is -0.304. The number of hydrogen-bond donors (Lipinski definition) is 1. The summed E-state index contributed by atoms with van der Waals surface area (Å²) in [6.07, 6.45) is 0. The van der Waals surface area contributed by atoms with Crippen LogP contribution < -0.4 is 14.8 Å². The molecule has 4 nitrogen and oxygen atoms in total. The van der Waals surface area contributed by atoms with Crippen LogP contribution in [0.15, 0.2) is 42.5 Å². The molecule has 0 heterocycles. The van der Waals surface area contributed by atoms with Crippen LogP contribution in [0, 0.1) is 12.7 Å². The molecule has 5 heteroatoms. The topological polar surface area (TPSA) is 47.6 Å². The van der Waals surface area contributed by atoms with Crippen molar-refractivity contribution in [3.63, 3.8) is 0 Å². The van der Waals surface area contributed by atoms with E-state index in [9.17, 15) is 9.18 Å². The first-order chi connectivity index (χ1) is 11.0. The molecular weight excluding hydrogens is 297 g/mol. The second-order valence-corrected chi connectivity index (χ2v) is 5.28. The molecule has 0 aromatic heterocycles. The molecule has 0 aliphatic rings. The molecule has 0 saturated carbocycles. The summed E-state index contributed by atoms with van der Waals surface area (Å²) in [5, 5.41) is 2.81. The molecule has 0 saturated heterocycles. The van der Waals surface area contributed by atoms with Crippen LogP contribution in [0.1, 0.15) is 24.1 Å². The monoisotopic (exact) mass is 317 g/mol. The minimum Gasteiger partial charge on any atom is -0.493 e. The molecule has 2 rings (SSSR count). The lowest BCUT2D eigenvalue weighted by atomic mass is 10.1. The van der Waals surface area contributed by atoms with Gasteiger partial charge in [0.05, 0.1) is 13.2 Å². The summed E-state index contributed by atoms with van der Waals surface area (Å²) in [4.78, 5) is 12.0. The van der Waals surface area contributed by atoms with Crippen molar-refractivity contribution in [1.29, 1.82) is 0 Å². The lowest BCUT2D eigenvalue weighted by Gasteiger charge is -2.15. The third-order valence-corrected chi connectivity index (χ3v) is 3.43. The Morgan fingerprint density at radius 3 is 2.52 bits per heavy atom. The first kappa shape index (κ1) is 16.8. The van der Waals surface area contributed by atoms with E-state index < -0.39 is 0 Å². The fraction of sp³-hybridized carbons (Fsp3) is 0.278. The molecule has 23 heavy (non-hydrogen) atoms. The quantitative estimate of drug-likeness (QED) is 0.888. The van der Waals surface area contributed by atoms with Crippen LogP contribution in [0.25, 0.3) is 0 Å². The van der Waals surface area contributed by atoms with Crippen molar-refractivity contribution in [1.82, 2.24) is 5.32 Å². The SMILES string of the molecule is COc1cc(C)ccc1OCC(=O)NC(C)c1ccc(F)cc1. The van der Waals surface area contributed by atoms with Gasteiger partial charge in [0.2, 0.25) is 0 Å². The molecule has 0 spiro atoms. The molecule has 2 aromatic carbocycles. The van der Waals surface area contributed by atoms with E-state index in [2.05, 4.69) is 5.32 Å². The van der Waals surface area contributed by atoms with E-state index in [0.717, 1.165) is 11.1 Å². The molecule has 0 aliphatic heterocycles. The summed E-state index contributed by atoms with van der Waals surface area (Å²) in [7, 11) is 1.55. The summed E-state index contributed by atoms with van der Waals surface area (Å²) < 4.78 is 23.6. The zero-order chi connectivity index (χ0) is 16.8. The number of hydrogen-bond acceptors (Lipinski definition) is 3. The van der Waals surface area contributed by atoms with Gasteiger partial charge in [-0.25, -0.2) is 4.39 Å². The van der Waals surface area contributed by atoms with Crippen molar-refractivity contribution < 1.29 is 18.7 Å². The third-order valence-electron chi connectivity index (χ3n) is 3.43. The van der Waals surface area contributed by atoms with Gasteiger partial charge in [-0.3, -0.25) is 4.79 Å². The van der Waals surface area contributed by atoms with Crippen LogP contribution >= 0.6 is 0 Å². The Hall–Kier alpha value is -2.56. The molecule has 1 unspecified atom stereocenters. The van der Waals surface area contributed by atoms with E-state index in [4.69, 9.17) is 9.47 Å². The molecule has 0 fully saturated rings. The molecule has 0 aliphatic carbocycles. The molecule has 1 atom stereocenters. The van der Waals surface area contributed by atoms with Gasteiger partial charge in [-0.2, -0.15) is 0 Å². The van der Waals surface area contributed by atoms with Crippen LogP contribution in [0.5, 0.6) is 11.5 Å². The highest BCUT2D eigenvalue weighted by Gasteiger charge is 2.12. The van der Waals surface area contributed by atoms with Gasteiger partial charge in [-0.15, -0.1) is 0 Å². The van der Waals surface area contributed by atoms with Crippen molar-refractivity contribution in [2.45, 2.75) is 19.9 Å². The fourth-order valence-electron chi connectivity index (χ4n) is 2.16. The smallest absolute Gasteiger partial charge is 0.258 e. The number of benzene rings is 2. The Bertz CT molecular complexity index is 670. The van der Waals surface area contributed by atoms with Crippen LogP contribution in [0.3, 0.4) is 0 Å². The fourth-order valence-corrected chi connectivity index (χ4v) is 2.16. The lowest BCUT2D eigenvalue weighted by Crippen LogP contribution is -2.31. The first-order valence-electron chi connectivity index (χ1n) is 7.32. The molecule has 122 valence electrons. The Morgan fingerprint density at radius 1 is 1.17 bits per heavy atom. The number of halogens is 1. The zero-order valence-corrected chi connectivity index (χ0v) is 13.4. The predicted octanol–water partition coefficient (Wildman–Crippen LogP) is 3.40. The van der Waals surface area contributed by atoms with Crippen LogP contribution in [0.2, 0.25) is 0 Å². The number of amides is 1. The number of nitrogens with one attached hydrogen (secondary N) is 1. The number of ether oxygens (including phenoxy) is 2. The Kier molecular flexibility index (Phi) is 5.57. The summed E-state index contributed by atoms with van der Waals surface area (Å²) in [5.41, 5.74) is 1.87. The van der Waals surface area contributed by atoms with E-state index in [-0.39, 0.29) is 24.4 Å². The summed E-state index contributed by atoms with van der Waals surface area (Å²) in [5.74, 6) is 0.540. The highest BCUT2D eigenvalue weighted by atomic mass is 19.1. The third kappa shape index (κ3) is 4.71. The molecule has 1 amide bonds. The molecule has 0 bridgehead atoms. The van der Waals surface area contributed by atoms with Crippen molar-refractivity contribution in [3.8, 4) is 11.5 Å². The van der Waals surface area contributed by atoms with Gasteiger partial charge in [0.1, 0.15) is 5.82 Å². The van der Waals surface area contributed by atoms with Crippen LogP contribution in [-0.4, -0.2) is 19.6 Å². The number of carbonyl (C=O) groups is 1. The van der Waals surface area contributed by atoms with Gasteiger partial charge >= 0.3 is 0 Å². The largest absolute Gasteiger partial charge is 0.493 e. The normalized spacial score (nSPS) is 11.7. The maximum absolute atomic E-state index is 12.9. The number of rotatable bonds is 6. The second-order valence-electron chi connectivity index (χ2n) is 5.28. The van der Waals surface area contributed by atoms with Crippen molar-refractivity contribution in [2.24, 2.45) is 0 Å². The highest BCUT2D eigenvalue weighted by molar-refractivity contribution is 5.78. The zero-order valence-electron chi connectivity index (χ0n) is 13.4. The van der Waals surface area contributed by atoms with Gasteiger partial charge in [0, 0.05) is 0 Å². The molecule has 0 radical (unpaired) electrons. The maximum atomic E-state index is 12.9. The van der Waals surface area contributed by atoms with E-state index in [1.807, 2.05) is 26.0 Å². The molecular formula is C18H20FNO3. The van der Waals surface area contributed by atoms with Gasteiger partial charge in [0.15, 0.2) is 18.1 Å². The second kappa shape index (κ2) is 7.63. The van der Waals surface area contributed by atoms with E-state index >= 15 is 0 Å². The Morgan fingerprint density at radius 2 is 1.87 bits per heavy atom. The van der Waals surface area contributed by atoms with Gasteiger partial charge in [-0.05, 0) is 49.2 Å². The van der Waals surface area contributed by atoms with Gasteiger partial charge in [-0.1, -0.05) is 18.2 Å². The molecule has 2 aromatic rings. The minimum absolute atomic E-state index is 0.120. The van der Waals surface area contributed by atoms with Crippen molar-refractivity contribution in [2.75, 3.05) is 13.7 Å².